The normalized spacial score (nSPS) is 14.7. The molecule has 0 unspecified atom stereocenters. The lowest BCUT2D eigenvalue weighted by Crippen LogP contribution is -2.42. The Morgan fingerprint density at radius 1 is 1.07 bits per heavy atom. The van der Waals surface area contributed by atoms with Crippen molar-refractivity contribution in [1.82, 2.24) is 4.90 Å². The zero-order valence-electron chi connectivity index (χ0n) is 15.4. The average Bonchev–Trinajstić information content (AvgIpc) is 3.12. The monoisotopic (exact) mass is 368 g/mol. The summed E-state index contributed by atoms with van der Waals surface area (Å²) in [6.45, 7) is 3.12. The van der Waals surface area contributed by atoms with Crippen LogP contribution in [0.15, 0.2) is 54.6 Å². The van der Waals surface area contributed by atoms with E-state index in [0.29, 0.717) is 37.6 Å². The molecule has 27 heavy (non-hydrogen) atoms. The minimum atomic E-state index is -0.505. The van der Waals surface area contributed by atoms with Gasteiger partial charge in [0.15, 0.2) is 0 Å². The maximum atomic E-state index is 12.5. The number of ether oxygens (including phenoxy) is 2. The second-order valence-corrected chi connectivity index (χ2v) is 6.36. The highest BCUT2D eigenvalue weighted by atomic mass is 16.5. The van der Waals surface area contributed by atoms with Gasteiger partial charge in [0.05, 0.1) is 5.69 Å². The summed E-state index contributed by atoms with van der Waals surface area (Å²) in [4.78, 5) is 26.0. The van der Waals surface area contributed by atoms with Gasteiger partial charge >= 0.3 is 0 Å². The molecule has 0 saturated carbocycles. The number of rotatable bonds is 8. The molecule has 1 heterocycles. The van der Waals surface area contributed by atoms with Crippen molar-refractivity contribution >= 4 is 17.5 Å². The summed E-state index contributed by atoms with van der Waals surface area (Å²) < 4.78 is 11.4. The van der Waals surface area contributed by atoms with Crippen LogP contribution < -0.4 is 14.8 Å². The third kappa shape index (κ3) is 5.00. The van der Waals surface area contributed by atoms with E-state index in [1.54, 1.807) is 24.0 Å². The summed E-state index contributed by atoms with van der Waals surface area (Å²) in [6, 6.07) is 16.3. The van der Waals surface area contributed by atoms with E-state index in [1.165, 1.54) is 0 Å². The first-order valence-electron chi connectivity index (χ1n) is 9.15. The molecule has 0 spiro atoms. The fraction of sp³-hybridized carbons (Fsp3) is 0.333. The fourth-order valence-electron chi connectivity index (χ4n) is 2.98. The Hall–Kier alpha value is -3.02. The lowest BCUT2D eigenvalue weighted by molar-refractivity contribution is -0.134. The summed E-state index contributed by atoms with van der Waals surface area (Å²) in [5, 5.41) is 2.87. The summed E-state index contributed by atoms with van der Waals surface area (Å²) in [7, 11) is 0. The van der Waals surface area contributed by atoms with Crippen LogP contribution in [0, 0.1) is 0 Å². The number of carbonyl (C=O) groups excluding carboxylic acids is 2. The molecule has 1 fully saturated rings. The molecule has 3 rings (SSSR count). The number of para-hydroxylation sites is 3. The van der Waals surface area contributed by atoms with E-state index in [2.05, 4.69) is 5.32 Å². The fourth-order valence-corrected chi connectivity index (χ4v) is 2.98. The lowest BCUT2D eigenvalue weighted by atomic mass is 10.2. The van der Waals surface area contributed by atoms with Crippen molar-refractivity contribution in [2.24, 2.45) is 0 Å². The largest absolute Gasteiger partial charge is 0.490 e. The molecule has 2 aromatic carbocycles. The Balaban J connectivity index is 1.53. The Morgan fingerprint density at radius 3 is 2.52 bits per heavy atom. The summed E-state index contributed by atoms with van der Waals surface area (Å²) in [5.41, 5.74) is 0.584. The number of benzene rings is 2. The van der Waals surface area contributed by atoms with Crippen molar-refractivity contribution in [1.29, 1.82) is 0 Å². The molecule has 1 N–H and O–H groups in total. The number of carbonyl (C=O) groups is 2. The number of nitrogens with one attached hydrogen (secondary N) is 1. The quantitative estimate of drug-likeness (QED) is 0.727. The van der Waals surface area contributed by atoms with Crippen molar-refractivity contribution in [2.75, 3.05) is 25.1 Å². The molecule has 1 aliphatic rings. The van der Waals surface area contributed by atoms with Gasteiger partial charge < -0.3 is 19.7 Å². The van der Waals surface area contributed by atoms with Crippen LogP contribution in [0.2, 0.25) is 0 Å². The van der Waals surface area contributed by atoms with Gasteiger partial charge in [-0.15, -0.1) is 0 Å². The second-order valence-electron chi connectivity index (χ2n) is 6.36. The summed E-state index contributed by atoms with van der Waals surface area (Å²) in [5.74, 6) is 1.16. The van der Waals surface area contributed by atoms with Crippen LogP contribution in [0.25, 0.3) is 0 Å². The van der Waals surface area contributed by atoms with Gasteiger partial charge in [-0.1, -0.05) is 30.3 Å². The van der Waals surface area contributed by atoms with E-state index in [9.17, 15) is 9.59 Å². The van der Waals surface area contributed by atoms with E-state index < -0.39 is 6.04 Å². The number of amides is 2. The van der Waals surface area contributed by atoms with Crippen molar-refractivity contribution in [3.05, 3.63) is 54.6 Å². The van der Waals surface area contributed by atoms with Crippen LogP contribution in [-0.4, -0.2) is 42.5 Å². The van der Waals surface area contributed by atoms with Crippen LogP contribution in [0.1, 0.15) is 19.8 Å². The number of hydrogen-bond acceptors (Lipinski definition) is 4. The molecule has 1 aliphatic heterocycles. The predicted molar refractivity (Wildman–Crippen MR) is 103 cm³/mol. The van der Waals surface area contributed by atoms with Gasteiger partial charge in [0, 0.05) is 13.0 Å². The Bertz CT molecular complexity index is 779. The van der Waals surface area contributed by atoms with Crippen LogP contribution in [0.5, 0.6) is 11.5 Å². The molecular weight excluding hydrogens is 344 g/mol. The minimum absolute atomic E-state index is 0.0280. The van der Waals surface area contributed by atoms with Gasteiger partial charge in [-0.2, -0.15) is 0 Å². The van der Waals surface area contributed by atoms with Gasteiger partial charge in [0.2, 0.25) is 11.8 Å². The molecule has 142 valence electrons. The first-order chi connectivity index (χ1) is 13.1. The third-order valence-corrected chi connectivity index (χ3v) is 4.45. The van der Waals surface area contributed by atoms with Crippen LogP contribution >= 0.6 is 0 Å². The number of hydrogen-bond donors (Lipinski definition) is 1. The summed E-state index contributed by atoms with van der Waals surface area (Å²) >= 11 is 0. The van der Waals surface area contributed by atoms with E-state index in [-0.39, 0.29) is 11.8 Å². The molecule has 2 amide bonds. The van der Waals surface area contributed by atoms with Gasteiger partial charge in [-0.3, -0.25) is 9.59 Å². The van der Waals surface area contributed by atoms with Crippen molar-refractivity contribution in [3.8, 4) is 11.5 Å². The molecule has 0 radical (unpaired) electrons. The van der Waals surface area contributed by atoms with Gasteiger partial charge in [0.25, 0.3) is 0 Å². The maximum absolute atomic E-state index is 12.5. The SMILES string of the molecule is C[C@@H](C(=O)Nc1ccccc1OCCOc1ccccc1)N1CCCC1=O. The number of likely N-dealkylation sites (tertiary alicyclic amines) is 1. The maximum Gasteiger partial charge on any atom is 0.246 e. The van der Waals surface area contributed by atoms with E-state index in [0.717, 1.165) is 12.2 Å². The van der Waals surface area contributed by atoms with Gasteiger partial charge in [-0.05, 0) is 37.6 Å². The number of anilines is 1. The molecule has 0 bridgehead atoms. The first kappa shape index (κ1) is 18.8. The molecule has 0 aromatic heterocycles. The molecule has 2 aromatic rings. The zero-order valence-corrected chi connectivity index (χ0v) is 15.4. The second kappa shape index (κ2) is 9.07. The highest BCUT2D eigenvalue weighted by Crippen LogP contribution is 2.25. The van der Waals surface area contributed by atoms with Crippen LogP contribution in [-0.2, 0) is 9.59 Å². The Morgan fingerprint density at radius 2 is 1.78 bits per heavy atom. The standard InChI is InChI=1S/C21H24N2O4/c1-16(23-13-7-12-20(23)24)21(25)22-18-10-5-6-11-19(18)27-15-14-26-17-8-3-2-4-9-17/h2-6,8-11,16H,7,12-15H2,1H3,(H,22,25)/t16-/m0/s1. The minimum Gasteiger partial charge on any atom is -0.490 e. The molecule has 1 saturated heterocycles. The van der Waals surface area contributed by atoms with E-state index in [1.807, 2.05) is 42.5 Å². The molecule has 6 heteroatoms. The number of nitrogens with zero attached hydrogens (tertiary/aromatic N) is 1. The van der Waals surface area contributed by atoms with Crippen molar-refractivity contribution in [2.45, 2.75) is 25.8 Å². The zero-order chi connectivity index (χ0) is 19.1. The highest BCUT2D eigenvalue weighted by molar-refractivity contribution is 5.98. The van der Waals surface area contributed by atoms with E-state index >= 15 is 0 Å². The molecule has 6 nitrogen and oxygen atoms in total. The van der Waals surface area contributed by atoms with Gasteiger partial charge in [-0.25, -0.2) is 0 Å². The van der Waals surface area contributed by atoms with Crippen LogP contribution in [0.4, 0.5) is 5.69 Å². The van der Waals surface area contributed by atoms with E-state index in [4.69, 9.17) is 9.47 Å². The smallest absolute Gasteiger partial charge is 0.246 e. The van der Waals surface area contributed by atoms with Crippen molar-refractivity contribution in [3.63, 3.8) is 0 Å². The molecule has 1 atom stereocenters. The topological polar surface area (TPSA) is 67.9 Å². The average molecular weight is 368 g/mol. The Kier molecular flexibility index (Phi) is 6.30. The van der Waals surface area contributed by atoms with Crippen molar-refractivity contribution < 1.29 is 19.1 Å². The molecular formula is C21H24N2O4. The first-order valence-corrected chi connectivity index (χ1v) is 9.15. The van der Waals surface area contributed by atoms with Gasteiger partial charge in [0.1, 0.15) is 30.8 Å². The third-order valence-electron chi connectivity index (χ3n) is 4.45. The lowest BCUT2D eigenvalue weighted by Gasteiger charge is -2.23. The Labute approximate surface area is 159 Å². The molecule has 0 aliphatic carbocycles. The predicted octanol–water partition coefficient (Wildman–Crippen LogP) is 3.09. The van der Waals surface area contributed by atoms with Crippen LogP contribution in [0.3, 0.4) is 0 Å². The highest BCUT2D eigenvalue weighted by Gasteiger charge is 2.29. The summed E-state index contributed by atoms with van der Waals surface area (Å²) in [6.07, 6.45) is 1.32.